The molecule has 0 aromatic heterocycles. The van der Waals surface area contributed by atoms with Gasteiger partial charge in [-0.05, 0) is 38.2 Å². The summed E-state index contributed by atoms with van der Waals surface area (Å²) in [4.78, 5) is 10.2. The molecule has 1 fully saturated rings. The van der Waals surface area contributed by atoms with Crippen LogP contribution in [0.1, 0.15) is 38.2 Å². The van der Waals surface area contributed by atoms with Gasteiger partial charge in [-0.3, -0.25) is 14.7 Å². The van der Waals surface area contributed by atoms with Gasteiger partial charge in [-0.2, -0.15) is 8.42 Å². The minimum Gasteiger partial charge on any atom is -0.379 e. The van der Waals surface area contributed by atoms with E-state index in [4.69, 9.17) is 4.74 Å². The Morgan fingerprint density at radius 1 is 1.32 bits per heavy atom. The smallest absolute Gasteiger partial charge is 0.274 e. The summed E-state index contributed by atoms with van der Waals surface area (Å²) >= 11 is 0. The van der Waals surface area contributed by atoms with Crippen LogP contribution in [0.4, 0.5) is 5.69 Å². The lowest BCUT2D eigenvalue weighted by Crippen LogP contribution is -2.41. The van der Waals surface area contributed by atoms with E-state index in [1.54, 1.807) is 0 Å². The maximum absolute atomic E-state index is 12.0. The molecule has 2 rings (SSSR count). The van der Waals surface area contributed by atoms with Gasteiger partial charge in [0.1, 0.15) is 4.75 Å². The van der Waals surface area contributed by atoms with Crippen molar-refractivity contribution >= 4 is 15.8 Å². The Morgan fingerprint density at radius 3 is 2.27 bits per heavy atom. The second-order valence-corrected chi connectivity index (χ2v) is 7.16. The van der Waals surface area contributed by atoms with Crippen LogP contribution in [-0.2, 0) is 19.6 Å². The fourth-order valence-electron chi connectivity index (χ4n) is 3.04. The molecule has 1 N–H and O–H groups in total. The molecule has 1 saturated carbocycles. The Kier molecular flexibility index (Phi) is 4.84. The molecule has 0 radical (unpaired) electrons. The highest BCUT2D eigenvalue weighted by Gasteiger charge is 2.47. The molecule has 0 atom stereocenters. The molecule has 1 aromatic rings. The van der Waals surface area contributed by atoms with Gasteiger partial charge >= 0.3 is 0 Å². The van der Waals surface area contributed by atoms with Gasteiger partial charge in [0.15, 0.2) is 0 Å². The lowest BCUT2D eigenvalue weighted by molar-refractivity contribution is -0.384. The zero-order valence-electron chi connectivity index (χ0n) is 12.3. The van der Waals surface area contributed by atoms with Crippen LogP contribution in [-0.4, -0.2) is 30.6 Å². The lowest BCUT2D eigenvalue weighted by atomic mass is 9.81. The number of nitro benzene ring substituents is 1. The predicted molar refractivity (Wildman–Crippen MR) is 80.2 cm³/mol. The van der Waals surface area contributed by atoms with Crippen LogP contribution in [0.5, 0.6) is 0 Å². The number of benzene rings is 1. The molecule has 0 aliphatic heterocycles. The second-order valence-electron chi connectivity index (χ2n) is 5.43. The number of non-ortho nitro benzene ring substituents is 1. The predicted octanol–water partition coefficient (Wildman–Crippen LogP) is 2.66. The van der Waals surface area contributed by atoms with Gasteiger partial charge in [0.2, 0.25) is 0 Å². The summed E-state index contributed by atoms with van der Waals surface area (Å²) in [5, 5.41) is 10.7. The summed E-state index contributed by atoms with van der Waals surface area (Å²) in [6, 6.07) is 5.34. The van der Waals surface area contributed by atoms with Gasteiger partial charge in [-0.15, -0.1) is 0 Å². The summed E-state index contributed by atoms with van der Waals surface area (Å²) in [5.41, 5.74) is 0.271. The standard InChI is InChI=1S/C14H19NO6S/c1-2-21-13-7-9-14(10-8-13,22(18,19)20)11-3-5-12(6-4-11)15(16)17/h3-6,13H,2,7-10H2,1H3,(H,18,19,20). The maximum Gasteiger partial charge on any atom is 0.274 e. The van der Waals surface area contributed by atoms with Crippen LogP contribution < -0.4 is 0 Å². The second kappa shape index (κ2) is 6.31. The minimum atomic E-state index is -4.34. The van der Waals surface area contributed by atoms with Crippen LogP contribution >= 0.6 is 0 Å². The molecular formula is C14H19NO6S. The Morgan fingerprint density at radius 2 is 1.86 bits per heavy atom. The van der Waals surface area contributed by atoms with Crippen LogP contribution in [0.2, 0.25) is 0 Å². The molecule has 0 heterocycles. The third kappa shape index (κ3) is 3.13. The highest BCUT2D eigenvalue weighted by Crippen LogP contribution is 2.44. The van der Waals surface area contributed by atoms with E-state index >= 15 is 0 Å². The molecule has 0 saturated heterocycles. The number of hydrogen-bond acceptors (Lipinski definition) is 5. The van der Waals surface area contributed by atoms with Crippen molar-refractivity contribution < 1.29 is 22.6 Å². The molecule has 1 aliphatic carbocycles. The zero-order chi connectivity index (χ0) is 16.4. The molecule has 0 unspecified atom stereocenters. The topological polar surface area (TPSA) is 107 Å². The molecule has 1 aliphatic rings. The quantitative estimate of drug-likeness (QED) is 0.505. The number of nitro groups is 1. The Bertz CT molecular complexity index is 632. The van der Waals surface area contributed by atoms with Crippen molar-refractivity contribution in [3.05, 3.63) is 39.9 Å². The van der Waals surface area contributed by atoms with Gasteiger partial charge in [0, 0.05) is 18.7 Å². The van der Waals surface area contributed by atoms with Crippen LogP contribution in [0.15, 0.2) is 24.3 Å². The van der Waals surface area contributed by atoms with Crippen molar-refractivity contribution in [2.45, 2.75) is 43.5 Å². The van der Waals surface area contributed by atoms with Gasteiger partial charge in [0.25, 0.3) is 15.8 Å². The monoisotopic (exact) mass is 329 g/mol. The van der Waals surface area contributed by atoms with Crippen molar-refractivity contribution in [1.29, 1.82) is 0 Å². The first-order valence-corrected chi connectivity index (χ1v) is 8.58. The molecule has 0 spiro atoms. The number of ether oxygens (including phenoxy) is 1. The maximum atomic E-state index is 12.0. The first-order valence-electron chi connectivity index (χ1n) is 7.14. The number of nitrogens with zero attached hydrogens (tertiary/aromatic N) is 1. The van der Waals surface area contributed by atoms with E-state index in [0.29, 0.717) is 25.0 Å². The van der Waals surface area contributed by atoms with Crippen molar-refractivity contribution in [2.75, 3.05) is 6.61 Å². The van der Waals surface area contributed by atoms with Crippen molar-refractivity contribution in [2.24, 2.45) is 0 Å². The van der Waals surface area contributed by atoms with E-state index in [-0.39, 0.29) is 24.6 Å². The first-order chi connectivity index (χ1) is 10.3. The molecule has 1 aromatic carbocycles. The van der Waals surface area contributed by atoms with Crippen LogP contribution in [0.25, 0.3) is 0 Å². The minimum absolute atomic E-state index is 0.0158. The fraction of sp³-hybridized carbons (Fsp3) is 0.571. The molecule has 0 bridgehead atoms. The molecule has 22 heavy (non-hydrogen) atoms. The molecule has 0 amide bonds. The van der Waals surface area contributed by atoms with E-state index in [9.17, 15) is 23.1 Å². The largest absolute Gasteiger partial charge is 0.379 e. The summed E-state index contributed by atoms with van der Waals surface area (Å²) in [7, 11) is -4.34. The number of hydrogen-bond donors (Lipinski definition) is 1. The SMILES string of the molecule is CCOC1CCC(c2ccc([N+](=O)[O-])cc2)(S(=O)(=O)O)CC1. The summed E-state index contributed by atoms with van der Waals surface area (Å²) < 4.78 is 37.8. The van der Waals surface area contributed by atoms with Crippen molar-refractivity contribution in [1.82, 2.24) is 0 Å². The highest BCUT2D eigenvalue weighted by atomic mass is 32.2. The van der Waals surface area contributed by atoms with Crippen molar-refractivity contribution in [3.8, 4) is 0 Å². The van der Waals surface area contributed by atoms with Crippen molar-refractivity contribution in [3.63, 3.8) is 0 Å². The van der Waals surface area contributed by atoms with E-state index in [2.05, 4.69) is 0 Å². The summed E-state index contributed by atoms with van der Waals surface area (Å²) in [6.45, 7) is 2.43. The summed E-state index contributed by atoms with van der Waals surface area (Å²) in [5.74, 6) is 0. The van der Waals surface area contributed by atoms with Crippen LogP contribution in [0, 0.1) is 10.1 Å². The van der Waals surface area contributed by atoms with E-state index in [1.807, 2.05) is 6.92 Å². The Hall–Kier alpha value is -1.51. The van der Waals surface area contributed by atoms with Gasteiger partial charge in [-0.25, -0.2) is 0 Å². The van der Waals surface area contributed by atoms with Gasteiger partial charge in [-0.1, -0.05) is 12.1 Å². The van der Waals surface area contributed by atoms with Gasteiger partial charge < -0.3 is 4.74 Å². The van der Waals surface area contributed by atoms with E-state index in [1.165, 1.54) is 24.3 Å². The molecule has 8 heteroatoms. The Balaban J connectivity index is 2.34. The molecule has 122 valence electrons. The third-order valence-electron chi connectivity index (χ3n) is 4.24. The molecular weight excluding hydrogens is 310 g/mol. The van der Waals surface area contributed by atoms with Gasteiger partial charge in [0.05, 0.1) is 11.0 Å². The average molecular weight is 329 g/mol. The van der Waals surface area contributed by atoms with Crippen LogP contribution in [0.3, 0.4) is 0 Å². The zero-order valence-corrected chi connectivity index (χ0v) is 13.1. The van der Waals surface area contributed by atoms with E-state index in [0.717, 1.165) is 0 Å². The third-order valence-corrected chi connectivity index (χ3v) is 5.87. The molecule has 7 nitrogen and oxygen atoms in total. The summed E-state index contributed by atoms with van der Waals surface area (Å²) in [6.07, 6.45) is 1.48. The number of rotatable bonds is 5. The average Bonchev–Trinajstić information content (AvgIpc) is 2.47. The normalized spacial score (nSPS) is 25.8. The Labute approximate surface area is 129 Å². The fourth-order valence-corrected chi connectivity index (χ4v) is 4.23. The first kappa shape index (κ1) is 16.9. The highest BCUT2D eigenvalue weighted by molar-refractivity contribution is 7.86. The van der Waals surface area contributed by atoms with E-state index < -0.39 is 19.8 Å². The lowest BCUT2D eigenvalue weighted by Gasteiger charge is -2.37.